The Hall–Kier alpha value is -1.10. The number of carboxylic acid groups (broad SMARTS) is 1. The molecule has 5 heteroatoms. The topological polar surface area (TPSA) is 69.6 Å². The Morgan fingerprint density at radius 1 is 1.14 bits per heavy atom. The summed E-state index contributed by atoms with van der Waals surface area (Å²) >= 11 is 0. The lowest BCUT2D eigenvalue weighted by atomic mass is 10.0. The van der Waals surface area contributed by atoms with Gasteiger partial charge in [0.25, 0.3) is 0 Å². The number of carboxylic acids is 1. The number of carbonyl (C=O) groups is 2. The molecule has 5 nitrogen and oxygen atoms in total. The van der Waals surface area contributed by atoms with Gasteiger partial charge in [0.2, 0.25) is 5.91 Å². The second-order valence-electron chi connectivity index (χ2n) is 6.38. The first-order chi connectivity index (χ1) is 9.99. The molecule has 0 saturated carbocycles. The normalized spacial score (nSPS) is 18.2. The fourth-order valence-electron chi connectivity index (χ4n) is 2.74. The Morgan fingerprint density at radius 3 is 2.29 bits per heavy atom. The number of aliphatic carboxylic acids is 1. The predicted molar refractivity (Wildman–Crippen MR) is 83.2 cm³/mol. The molecule has 2 N–H and O–H groups in total. The van der Waals surface area contributed by atoms with Gasteiger partial charge < -0.3 is 15.3 Å². The molecule has 1 rings (SSSR count). The Labute approximate surface area is 128 Å². The van der Waals surface area contributed by atoms with Gasteiger partial charge >= 0.3 is 5.97 Å². The minimum Gasteiger partial charge on any atom is -0.481 e. The lowest BCUT2D eigenvalue weighted by Crippen LogP contribution is -2.40. The summed E-state index contributed by atoms with van der Waals surface area (Å²) in [4.78, 5) is 25.2. The molecule has 1 amide bonds. The van der Waals surface area contributed by atoms with E-state index in [9.17, 15) is 9.59 Å². The van der Waals surface area contributed by atoms with E-state index in [1.54, 1.807) is 0 Å². The summed E-state index contributed by atoms with van der Waals surface area (Å²) in [5, 5.41) is 11.7. The Bertz CT molecular complexity index is 323. The van der Waals surface area contributed by atoms with Crippen LogP contribution in [0, 0.1) is 5.92 Å². The molecule has 0 spiro atoms. The van der Waals surface area contributed by atoms with Crippen molar-refractivity contribution in [2.45, 2.75) is 64.8 Å². The lowest BCUT2D eigenvalue weighted by molar-refractivity contribution is -0.138. The standard InChI is InChI=1S/C16H30N2O3/c1-13(2)14(12-16(20)21)17-15(19)8-7-11-18-9-5-3-4-6-10-18/h13-14H,3-12H2,1-2H3,(H,17,19)(H,20,21)/t14-/m1/s1. The van der Waals surface area contributed by atoms with E-state index in [1.807, 2.05) is 13.8 Å². The van der Waals surface area contributed by atoms with Crippen LogP contribution in [0.3, 0.4) is 0 Å². The number of hydrogen-bond donors (Lipinski definition) is 2. The Balaban J connectivity index is 2.23. The Kier molecular flexibility index (Phi) is 8.35. The first-order valence-electron chi connectivity index (χ1n) is 8.22. The number of nitrogens with zero attached hydrogens (tertiary/aromatic N) is 1. The van der Waals surface area contributed by atoms with Crippen molar-refractivity contribution >= 4 is 11.9 Å². The fraction of sp³-hybridized carbons (Fsp3) is 0.875. The molecule has 1 atom stereocenters. The molecule has 1 aliphatic heterocycles. The number of carbonyl (C=O) groups excluding carboxylic acids is 1. The second-order valence-corrected chi connectivity index (χ2v) is 6.38. The molecule has 0 aromatic heterocycles. The molecule has 0 aliphatic carbocycles. The largest absolute Gasteiger partial charge is 0.481 e. The van der Waals surface area contributed by atoms with Crippen molar-refractivity contribution in [2.75, 3.05) is 19.6 Å². The highest BCUT2D eigenvalue weighted by Crippen LogP contribution is 2.11. The third-order valence-corrected chi connectivity index (χ3v) is 4.12. The summed E-state index contributed by atoms with van der Waals surface area (Å²) in [5.74, 6) is -0.751. The third-order valence-electron chi connectivity index (χ3n) is 4.12. The maximum Gasteiger partial charge on any atom is 0.305 e. The number of amides is 1. The van der Waals surface area contributed by atoms with E-state index in [1.165, 1.54) is 25.7 Å². The molecule has 0 radical (unpaired) electrons. The molecule has 1 aliphatic rings. The molecule has 0 aromatic rings. The zero-order valence-electron chi connectivity index (χ0n) is 13.4. The average Bonchev–Trinajstić information content (AvgIpc) is 2.66. The van der Waals surface area contributed by atoms with E-state index < -0.39 is 5.97 Å². The lowest BCUT2D eigenvalue weighted by Gasteiger charge is -2.22. The molecule has 0 unspecified atom stereocenters. The van der Waals surface area contributed by atoms with Crippen molar-refractivity contribution < 1.29 is 14.7 Å². The van der Waals surface area contributed by atoms with E-state index in [-0.39, 0.29) is 24.3 Å². The van der Waals surface area contributed by atoms with Gasteiger partial charge in [0, 0.05) is 12.5 Å². The van der Waals surface area contributed by atoms with Crippen LogP contribution in [0.15, 0.2) is 0 Å². The Morgan fingerprint density at radius 2 is 1.76 bits per heavy atom. The first kappa shape index (κ1) is 18.0. The smallest absolute Gasteiger partial charge is 0.305 e. The average molecular weight is 298 g/mol. The molecule has 1 fully saturated rings. The van der Waals surface area contributed by atoms with Gasteiger partial charge in [0.05, 0.1) is 6.42 Å². The summed E-state index contributed by atoms with van der Waals surface area (Å²) in [6, 6.07) is -0.270. The van der Waals surface area contributed by atoms with Gasteiger partial charge in [-0.15, -0.1) is 0 Å². The monoisotopic (exact) mass is 298 g/mol. The van der Waals surface area contributed by atoms with E-state index in [0.29, 0.717) is 6.42 Å². The van der Waals surface area contributed by atoms with Crippen LogP contribution in [0.1, 0.15) is 58.8 Å². The van der Waals surface area contributed by atoms with Crippen LogP contribution >= 0.6 is 0 Å². The van der Waals surface area contributed by atoms with Crippen molar-refractivity contribution in [3.63, 3.8) is 0 Å². The van der Waals surface area contributed by atoms with Crippen LogP contribution in [0.4, 0.5) is 0 Å². The summed E-state index contributed by atoms with van der Waals surface area (Å²) < 4.78 is 0. The highest BCUT2D eigenvalue weighted by molar-refractivity contribution is 5.77. The zero-order chi connectivity index (χ0) is 15.7. The van der Waals surface area contributed by atoms with Crippen molar-refractivity contribution in [1.29, 1.82) is 0 Å². The molecule has 1 heterocycles. The molecule has 1 saturated heterocycles. The van der Waals surface area contributed by atoms with Crippen molar-refractivity contribution in [3.8, 4) is 0 Å². The molecule has 122 valence electrons. The highest BCUT2D eigenvalue weighted by atomic mass is 16.4. The predicted octanol–water partition coefficient (Wildman–Crippen LogP) is 2.26. The van der Waals surface area contributed by atoms with Gasteiger partial charge in [-0.25, -0.2) is 0 Å². The number of likely N-dealkylation sites (tertiary alicyclic amines) is 1. The molecule has 0 aromatic carbocycles. The second kappa shape index (κ2) is 9.77. The third kappa shape index (κ3) is 8.05. The van der Waals surface area contributed by atoms with Crippen molar-refractivity contribution in [3.05, 3.63) is 0 Å². The minimum atomic E-state index is -0.862. The van der Waals surface area contributed by atoms with Crippen LogP contribution in [0.5, 0.6) is 0 Å². The summed E-state index contributed by atoms with van der Waals surface area (Å²) in [5.41, 5.74) is 0. The van der Waals surface area contributed by atoms with Gasteiger partial charge in [-0.3, -0.25) is 9.59 Å². The van der Waals surface area contributed by atoms with E-state index in [4.69, 9.17) is 5.11 Å². The maximum atomic E-state index is 11.9. The van der Waals surface area contributed by atoms with Crippen LogP contribution in [-0.2, 0) is 9.59 Å². The fourth-order valence-corrected chi connectivity index (χ4v) is 2.74. The number of nitrogens with one attached hydrogen (secondary N) is 1. The van der Waals surface area contributed by atoms with Crippen molar-refractivity contribution in [1.82, 2.24) is 10.2 Å². The quantitative estimate of drug-likeness (QED) is 0.721. The molecule has 0 bridgehead atoms. The molecular formula is C16H30N2O3. The van der Waals surface area contributed by atoms with E-state index in [2.05, 4.69) is 10.2 Å². The zero-order valence-corrected chi connectivity index (χ0v) is 13.4. The molecular weight excluding hydrogens is 268 g/mol. The van der Waals surface area contributed by atoms with Gasteiger partial charge in [-0.2, -0.15) is 0 Å². The van der Waals surface area contributed by atoms with Crippen LogP contribution in [0.25, 0.3) is 0 Å². The van der Waals surface area contributed by atoms with Crippen molar-refractivity contribution in [2.24, 2.45) is 5.92 Å². The number of hydrogen-bond acceptors (Lipinski definition) is 3. The van der Waals surface area contributed by atoms with Crippen LogP contribution in [0.2, 0.25) is 0 Å². The van der Waals surface area contributed by atoms with Gasteiger partial charge in [-0.05, 0) is 44.8 Å². The van der Waals surface area contributed by atoms with Gasteiger partial charge in [0.15, 0.2) is 0 Å². The van der Waals surface area contributed by atoms with Crippen LogP contribution < -0.4 is 5.32 Å². The van der Waals surface area contributed by atoms with E-state index >= 15 is 0 Å². The van der Waals surface area contributed by atoms with Gasteiger partial charge in [-0.1, -0.05) is 26.7 Å². The summed E-state index contributed by atoms with van der Waals surface area (Å²) in [6.07, 6.45) is 6.50. The summed E-state index contributed by atoms with van der Waals surface area (Å²) in [6.45, 7) is 7.14. The number of rotatable bonds is 8. The molecule has 21 heavy (non-hydrogen) atoms. The minimum absolute atomic E-state index is 0.00443. The van der Waals surface area contributed by atoms with E-state index in [0.717, 1.165) is 26.1 Å². The van der Waals surface area contributed by atoms with Crippen LogP contribution in [-0.4, -0.2) is 47.6 Å². The first-order valence-corrected chi connectivity index (χ1v) is 8.22. The summed E-state index contributed by atoms with van der Waals surface area (Å²) in [7, 11) is 0. The van der Waals surface area contributed by atoms with Gasteiger partial charge in [0.1, 0.15) is 0 Å². The SMILES string of the molecule is CC(C)[C@@H](CC(=O)O)NC(=O)CCCN1CCCCCC1. The highest BCUT2D eigenvalue weighted by Gasteiger charge is 2.19. The maximum absolute atomic E-state index is 11.9.